The number of nitrogens with two attached hydrogens (primary N) is 1. The number of hydrazine groups is 1. The van der Waals surface area contributed by atoms with E-state index in [9.17, 15) is 0 Å². The Morgan fingerprint density at radius 3 is 2.43 bits per heavy atom. The van der Waals surface area contributed by atoms with Crippen LogP contribution in [0.5, 0.6) is 0 Å². The van der Waals surface area contributed by atoms with E-state index in [-0.39, 0.29) is 0 Å². The van der Waals surface area contributed by atoms with Gasteiger partial charge in [0.05, 0.1) is 0 Å². The molecule has 0 aliphatic heterocycles. The van der Waals surface area contributed by atoms with Gasteiger partial charge in [0.2, 0.25) is 0 Å². The molecule has 0 saturated heterocycles. The second kappa shape index (κ2) is 6.54. The third-order valence-corrected chi connectivity index (χ3v) is 2.20. The number of hydrogen-bond donors (Lipinski definition) is 2. The summed E-state index contributed by atoms with van der Waals surface area (Å²) in [7, 11) is 0. The van der Waals surface area contributed by atoms with E-state index < -0.39 is 0 Å². The molecule has 0 heterocycles. The van der Waals surface area contributed by atoms with Crippen molar-refractivity contribution in [2.24, 2.45) is 5.84 Å². The Morgan fingerprint density at radius 1 is 1.07 bits per heavy atom. The van der Waals surface area contributed by atoms with Gasteiger partial charge in [-0.05, 0) is 24.8 Å². The van der Waals surface area contributed by atoms with Crippen molar-refractivity contribution in [3.8, 4) is 0 Å². The Kier molecular flexibility index (Phi) is 5.22. The Bertz CT molecular complexity index is 236. The van der Waals surface area contributed by atoms with E-state index in [2.05, 4.69) is 24.3 Å². The molecule has 78 valence electrons. The highest BCUT2D eigenvalue weighted by atomic mass is 16.5. The second-order valence-electron chi connectivity index (χ2n) is 3.46. The fraction of sp³-hybridized carbons (Fsp3) is 0.455. The van der Waals surface area contributed by atoms with Crippen molar-refractivity contribution in [3.05, 3.63) is 35.9 Å². The molecule has 1 rings (SSSR count). The van der Waals surface area contributed by atoms with E-state index in [0.29, 0.717) is 6.54 Å². The molecule has 0 fully saturated rings. The van der Waals surface area contributed by atoms with Crippen LogP contribution in [0.4, 0.5) is 0 Å². The first-order chi connectivity index (χ1) is 6.79. The Morgan fingerprint density at radius 2 is 1.79 bits per heavy atom. The van der Waals surface area contributed by atoms with Gasteiger partial charge in [0, 0.05) is 6.54 Å². The largest absolute Gasteiger partial charge is 0.299 e. The van der Waals surface area contributed by atoms with Gasteiger partial charge in [-0.15, -0.1) is 5.17 Å². The maximum Gasteiger partial charge on any atom is 0.0396 e. The average molecular weight is 194 g/mol. The minimum absolute atomic E-state index is 0.550. The number of benzene rings is 1. The molecule has 0 aliphatic carbocycles. The van der Waals surface area contributed by atoms with Gasteiger partial charge in [-0.1, -0.05) is 36.8 Å². The summed E-state index contributed by atoms with van der Waals surface area (Å²) >= 11 is 0. The van der Waals surface area contributed by atoms with Crippen LogP contribution in [0, 0.1) is 0 Å². The van der Waals surface area contributed by atoms with Crippen molar-refractivity contribution in [1.82, 2.24) is 5.17 Å². The molecule has 0 aromatic heterocycles. The summed E-state index contributed by atoms with van der Waals surface area (Å²) in [4.78, 5) is 0. The smallest absolute Gasteiger partial charge is 0.0396 e. The van der Waals surface area contributed by atoms with E-state index in [1.807, 2.05) is 6.07 Å². The average Bonchev–Trinajstić information content (AvgIpc) is 2.18. The van der Waals surface area contributed by atoms with Crippen molar-refractivity contribution in [3.63, 3.8) is 0 Å². The maximum atomic E-state index is 8.68. The summed E-state index contributed by atoms with van der Waals surface area (Å²) in [5, 5.41) is 9.43. The highest BCUT2D eigenvalue weighted by Gasteiger charge is 1.94. The molecule has 0 amide bonds. The molecule has 1 aromatic carbocycles. The molecule has 1 aromatic rings. The van der Waals surface area contributed by atoms with Gasteiger partial charge >= 0.3 is 0 Å². The predicted molar refractivity (Wildman–Crippen MR) is 56.7 cm³/mol. The summed E-state index contributed by atoms with van der Waals surface area (Å²) in [6.07, 6.45) is 4.30. The Hall–Kier alpha value is -0.900. The number of nitrogens with zero attached hydrogens (tertiary/aromatic N) is 1. The molecular formula is C11H18N2O. The van der Waals surface area contributed by atoms with Crippen LogP contribution < -0.4 is 5.84 Å². The molecule has 0 spiro atoms. The quantitative estimate of drug-likeness (QED) is 0.413. The van der Waals surface area contributed by atoms with Crippen LogP contribution in [0.25, 0.3) is 0 Å². The topological polar surface area (TPSA) is 49.5 Å². The fourth-order valence-corrected chi connectivity index (χ4v) is 1.42. The summed E-state index contributed by atoms with van der Waals surface area (Å²) in [6, 6.07) is 10.4. The van der Waals surface area contributed by atoms with Gasteiger partial charge in [0.25, 0.3) is 0 Å². The van der Waals surface area contributed by atoms with E-state index >= 15 is 0 Å². The first-order valence-corrected chi connectivity index (χ1v) is 5.04. The highest BCUT2D eigenvalue weighted by Crippen LogP contribution is 2.05. The van der Waals surface area contributed by atoms with E-state index in [1.54, 1.807) is 0 Å². The molecule has 3 nitrogen and oxygen atoms in total. The number of hydrogen-bond acceptors (Lipinski definition) is 3. The van der Waals surface area contributed by atoms with E-state index in [0.717, 1.165) is 30.9 Å². The van der Waals surface area contributed by atoms with Crippen LogP contribution in [-0.2, 0) is 6.42 Å². The third kappa shape index (κ3) is 4.97. The minimum Gasteiger partial charge on any atom is -0.299 e. The van der Waals surface area contributed by atoms with Gasteiger partial charge in [0.15, 0.2) is 0 Å². The van der Waals surface area contributed by atoms with E-state index in [1.165, 1.54) is 5.56 Å². The lowest BCUT2D eigenvalue weighted by Crippen LogP contribution is -2.27. The normalized spacial score (nSPS) is 10.8. The predicted octanol–water partition coefficient (Wildman–Crippen LogP) is 1.96. The zero-order chi connectivity index (χ0) is 10.2. The maximum absolute atomic E-state index is 8.68. The summed E-state index contributed by atoms with van der Waals surface area (Å²) in [5.41, 5.74) is 1.38. The number of rotatable bonds is 6. The van der Waals surface area contributed by atoms with Crippen LogP contribution in [0.3, 0.4) is 0 Å². The van der Waals surface area contributed by atoms with Gasteiger partial charge in [-0.2, -0.15) is 0 Å². The summed E-state index contributed by atoms with van der Waals surface area (Å²) in [6.45, 7) is 0.550. The molecule has 0 bridgehead atoms. The molecule has 0 saturated carbocycles. The van der Waals surface area contributed by atoms with Crippen LogP contribution in [0.15, 0.2) is 30.3 Å². The molecular weight excluding hydrogens is 176 g/mol. The number of aryl methyl sites for hydroxylation is 1. The highest BCUT2D eigenvalue weighted by molar-refractivity contribution is 5.14. The lowest BCUT2D eigenvalue weighted by Gasteiger charge is -2.06. The summed E-state index contributed by atoms with van der Waals surface area (Å²) < 4.78 is 0. The lowest BCUT2D eigenvalue weighted by atomic mass is 10.1. The monoisotopic (exact) mass is 194 g/mol. The molecule has 0 atom stereocenters. The fourth-order valence-electron chi connectivity index (χ4n) is 1.42. The first kappa shape index (κ1) is 11.2. The Balaban J connectivity index is 2.05. The van der Waals surface area contributed by atoms with Crippen molar-refractivity contribution >= 4 is 0 Å². The molecule has 0 aliphatic rings. The van der Waals surface area contributed by atoms with Gasteiger partial charge in [-0.25, -0.2) is 5.84 Å². The SMILES string of the molecule is NN(O)CCCCCc1ccccc1. The van der Waals surface area contributed by atoms with E-state index in [4.69, 9.17) is 11.0 Å². The van der Waals surface area contributed by atoms with Crippen molar-refractivity contribution < 1.29 is 5.21 Å². The van der Waals surface area contributed by atoms with Gasteiger partial charge in [0.1, 0.15) is 0 Å². The molecule has 0 radical (unpaired) electrons. The third-order valence-electron chi connectivity index (χ3n) is 2.20. The second-order valence-corrected chi connectivity index (χ2v) is 3.46. The summed E-state index contributed by atoms with van der Waals surface area (Å²) in [5.74, 6) is 5.07. The molecule has 14 heavy (non-hydrogen) atoms. The zero-order valence-electron chi connectivity index (χ0n) is 8.39. The van der Waals surface area contributed by atoms with Gasteiger partial charge < -0.3 is 0 Å². The van der Waals surface area contributed by atoms with Crippen molar-refractivity contribution in [2.75, 3.05) is 6.54 Å². The minimum atomic E-state index is 0.550. The number of unbranched alkanes of at least 4 members (excludes halogenated alkanes) is 2. The standard InChI is InChI=1S/C11H18N2O/c12-13(14)10-6-2-5-9-11-7-3-1-4-8-11/h1,3-4,7-8,14H,2,5-6,9-10,12H2. The van der Waals surface area contributed by atoms with Crippen LogP contribution in [-0.4, -0.2) is 16.9 Å². The van der Waals surface area contributed by atoms with Crippen molar-refractivity contribution in [2.45, 2.75) is 25.7 Å². The molecule has 0 unspecified atom stereocenters. The molecule has 3 heteroatoms. The lowest BCUT2D eigenvalue weighted by molar-refractivity contribution is -0.0938. The van der Waals surface area contributed by atoms with Crippen LogP contribution in [0.2, 0.25) is 0 Å². The van der Waals surface area contributed by atoms with Crippen molar-refractivity contribution in [1.29, 1.82) is 0 Å². The van der Waals surface area contributed by atoms with Crippen LogP contribution in [0.1, 0.15) is 24.8 Å². The first-order valence-electron chi connectivity index (χ1n) is 5.04. The zero-order valence-corrected chi connectivity index (χ0v) is 8.39. The number of hydroxylamine groups is 1. The van der Waals surface area contributed by atoms with Gasteiger partial charge in [-0.3, -0.25) is 5.21 Å². The molecule has 3 N–H and O–H groups in total. The Labute approximate surface area is 85.1 Å². The van der Waals surface area contributed by atoms with Crippen LogP contribution >= 0.6 is 0 Å².